The van der Waals surface area contributed by atoms with Gasteiger partial charge in [0.2, 0.25) is 0 Å². The Morgan fingerprint density at radius 1 is 1.40 bits per heavy atom. The van der Waals surface area contributed by atoms with Gasteiger partial charge in [-0.3, -0.25) is 4.79 Å². The highest BCUT2D eigenvalue weighted by atomic mass is 16.5. The topological polar surface area (TPSA) is 49.8 Å². The third-order valence-corrected chi connectivity index (χ3v) is 2.40. The fraction of sp³-hybridized carbons (Fsp3) is 0.364. The molecular formula is C11H13NO3. The number of carbonyl (C=O) groups is 1. The average molecular weight is 207 g/mol. The Kier molecular flexibility index (Phi) is 2.99. The molecule has 0 radical (unpaired) electrons. The second-order valence-electron chi connectivity index (χ2n) is 3.46. The highest BCUT2D eigenvalue weighted by Gasteiger charge is 2.26. The SMILES string of the molecule is O=C1COC(CO)CN1c1ccccc1. The van der Waals surface area contributed by atoms with E-state index >= 15 is 0 Å². The molecule has 0 saturated carbocycles. The lowest BCUT2D eigenvalue weighted by atomic mass is 10.2. The van der Waals surface area contributed by atoms with E-state index in [1.165, 1.54) is 0 Å². The van der Waals surface area contributed by atoms with E-state index in [9.17, 15) is 4.79 Å². The van der Waals surface area contributed by atoms with Gasteiger partial charge in [0.05, 0.1) is 19.3 Å². The Balaban J connectivity index is 2.16. The lowest BCUT2D eigenvalue weighted by molar-refractivity contribution is -0.130. The Labute approximate surface area is 88.1 Å². The van der Waals surface area contributed by atoms with Crippen molar-refractivity contribution in [3.63, 3.8) is 0 Å². The van der Waals surface area contributed by atoms with Crippen LogP contribution in [-0.4, -0.2) is 36.9 Å². The van der Waals surface area contributed by atoms with Gasteiger partial charge in [0, 0.05) is 5.69 Å². The van der Waals surface area contributed by atoms with E-state index in [-0.39, 0.29) is 25.2 Å². The van der Waals surface area contributed by atoms with Crippen molar-refractivity contribution in [1.82, 2.24) is 0 Å². The van der Waals surface area contributed by atoms with Crippen LogP contribution in [0.3, 0.4) is 0 Å². The summed E-state index contributed by atoms with van der Waals surface area (Å²) in [6.45, 7) is 0.399. The number of hydrogen-bond acceptors (Lipinski definition) is 3. The number of hydrogen-bond donors (Lipinski definition) is 1. The maximum Gasteiger partial charge on any atom is 0.253 e. The maximum atomic E-state index is 11.6. The fourth-order valence-corrected chi connectivity index (χ4v) is 1.59. The molecule has 0 spiro atoms. The van der Waals surface area contributed by atoms with Crippen LogP contribution >= 0.6 is 0 Å². The van der Waals surface area contributed by atoms with Crippen LogP contribution in [0.1, 0.15) is 0 Å². The van der Waals surface area contributed by atoms with Gasteiger partial charge >= 0.3 is 0 Å². The minimum absolute atomic E-state index is 0.0418. The number of aliphatic hydroxyl groups excluding tert-OH is 1. The minimum Gasteiger partial charge on any atom is -0.394 e. The number of nitrogens with zero attached hydrogens (tertiary/aromatic N) is 1. The van der Waals surface area contributed by atoms with Crippen molar-refractivity contribution in [2.45, 2.75) is 6.10 Å². The van der Waals surface area contributed by atoms with Crippen LogP contribution in [0, 0.1) is 0 Å². The average Bonchev–Trinajstić information content (AvgIpc) is 2.31. The van der Waals surface area contributed by atoms with E-state index in [1.807, 2.05) is 30.3 Å². The molecule has 1 aliphatic heterocycles. The summed E-state index contributed by atoms with van der Waals surface area (Å²) in [5.41, 5.74) is 0.851. The highest BCUT2D eigenvalue weighted by molar-refractivity contribution is 5.94. The molecule has 15 heavy (non-hydrogen) atoms. The van der Waals surface area contributed by atoms with Crippen molar-refractivity contribution >= 4 is 11.6 Å². The molecule has 1 aromatic carbocycles. The van der Waals surface area contributed by atoms with E-state index in [2.05, 4.69) is 0 Å². The Hall–Kier alpha value is -1.39. The lowest BCUT2D eigenvalue weighted by Gasteiger charge is -2.31. The number of aliphatic hydroxyl groups is 1. The number of amides is 1. The summed E-state index contributed by atoms with van der Waals surface area (Å²) < 4.78 is 5.15. The van der Waals surface area contributed by atoms with Gasteiger partial charge in [0.1, 0.15) is 6.61 Å². The van der Waals surface area contributed by atoms with Gasteiger partial charge in [0.25, 0.3) is 5.91 Å². The van der Waals surface area contributed by atoms with E-state index in [0.29, 0.717) is 6.54 Å². The first-order valence-corrected chi connectivity index (χ1v) is 4.89. The first kappa shape index (κ1) is 10.1. The van der Waals surface area contributed by atoms with Crippen molar-refractivity contribution in [2.24, 2.45) is 0 Å². The second-order valence-corrected chi connectivity index (χ2v) is 3.46. The highest BCUT2D eigenvalue weighted by Crippen LogP contribution is 2.17. The Morgan fingerprint density at radius 3 is 2.80 bits per heavy atom. The number of benzene rings is 1. The zero-order valence-electron chi connectivity index (χ0n) is 8.30. The van der Waals surface area contributed by atoms with Gasteiger partial charge in [-0.05, 0) is 12.1 Å². The summed E-state index contributed by atoms with van der Waals surface area (Å²) in [5, 5.41) is 8.98. The molecule has 4 nitrogen and oxygen atoms in total. The Morgan fingerprint density at radius 2 is 2.13 bits per heavy atom. The molecule has 0 aliphatic carbocycles. The summed E-state index contributed by atoms with van der Waals surface area (Å²) in [4.78, 5) is 13.2. The monoisotopic (exact) mass is 207 g/mol. The van der Waals surface area contributed by atoms with E-state index in [0.717, 1.165) is 5.69 Å². The fourth-order valence-electron chi connectivity index (χ4n) is 1.59. The van der Waals surface area contributed by atoms with Crippen LogP contribution < -0.4 is 4.90 Å². The number of carbonyl (C=O) groups excluding carboxylic acids is 1. The third kappa shape index (κ3) is 2.16. The van der Waals surface area contributed by atoms with Gasteiger partial charge < -0.3 is 14.7 Å². The number of para-hydroxylation sites is 1. The van der Waals surface area contributed by atoms with Crippen LogP contribution in [0.2, 0.25) is 0 Å². The molecule has 2 rings (SSSR count). The second kappa shape index (κ2) is 4.42. The van der Waals surface area contributed by atoms with E-state index in [4.69, 9.17) is 9.84 Å². The zero-order chi connectivity index (χ0) is 10.7. The number of rotatable bonds is 2. The first-order chi connectivity index (χ1) is 7.31. The summed E-state index contributed by atoms with van der Waals surface area (Å²) in [6.07, 6.45) is -0.275. The molecule has 1 unspecified atom stereocenters. The molecule has 80 valence electrons. The van der Waals surface area contributed by atoms with Crippen LogP contribution in [0.5, 0.6) is 0 Å². The van der Waals surface area contributed by atoms with Crippen molar-refractivity contribution in [3.05, 3.63) is 30.3 Å². The molecule has 1 amide bonds. The molecule has 0 bridgehead atoms. The smallest absolute Gasteiger partial charge is 0.253 e. The quantitative estimate of drug-likeness (QED) is 0.764. The van der Waals surface area contributed by atoms with Gasteiger partial charge in [-0.25, -0.2) is 0 Å². The zero-order valence-corrected chi connectivity index (χ0v) is 8.30. The number of morpholine rings is 1. The van der Waals surface area contributed by atoms with E-state index < -0.39 is 0 Å². The summed E-state index contributed by atoms with van der Waals surface area (Å²) in [6, 6.07) is 9.41. The van der Waals surface area contributed by atoms with Crippen LogP contribution in [0.25, 0.3) is 0 Å². The third-order valence-electron chi connectivity index (χ3n) is 2.40. The summed E-state index contributed by atoms with van der Waals surface area (Å²) in [5.74, 6) is -0.0640. The normalized spacial score (nSPS) is 21.8. The van der Waals surface area contributed by atoms with Gasteiger partial charge in [0.15, 0.2) is 0 Å². The van der Waals surface area contributed by atoms with E-state index in [1.54, 1.807) is 4.90 Å². The van der Waals surface area contributed by atoms with Crippen molar-refractivity contribution in [3.8, 4) is 0 Å². The summed E-state index contributed by atoms with van der Waals surface area (Å²) in [7, 11) is 0. The van der Waals surface area contributed by atoms with Gasteiger partial charge in [-0.1, -0.05) is 18.2 Å². The lowest BCUT2D eigenvalue weighted by Crippen LogP contribution is -2.48. The summed E-state index contributed by atoms with van der Waals surface area (Å²) >= 11 is 0. The standard InChI is InChI=1S/C11H13NO3/c13-7-10-6-12(11(14)8-15-10)9-4-2-1-3-5-9/h1-5,10,13H,6-8H2. The van der Waals surface area contributed by atoms with Gasteiger partial charge in [-0.15, -0.1) is 0 Å². The number of ether oxygens (including phenoxy) is 1. The van der Waals surface area contributed by atoms with Crippen LogP contribution in [0.15, 0.2) is 30.3 Å². The van der Waals surface area contributed by atoms with Crippen LogP contribution in [-0.2, 0) is 9.53 Å². The molecule has 1 atom stereocenters. The molecule has 1 heterocycles. The van der Waals surface area contributed by atoms with Crippen LogP contribution in [0.4, 0.5) is 5.69 Å². The number of anilines is 1. The predicted molar refractivity (Wildman–Crippen MR) is 55.6 cm³/mol. The van der Waals surface area contributed by atoms with Crippen molar-refractivity contribution in [1.29, 1.82) is 0 Å². The predicted octanol–water partition coefficient (Wildman–Crippen LogP) is 0.411. The van der Waals surface area contributed by atoms with Crippen molar-refractivity contribution in [2.75, 3.05) is 24.7 Å². The first-order valence-electron chi connectivity index (χ1n) is 4.89. The Bertz CT molecular complexity index is 339. The largest absolute Gasteiger partial charge is 0.394 e. The molecule has 1 N–H and O–H groups in total. The molecule has 1 fully saturated rings. The molecular weight excluding hydrogens is 194 g/mol. The molecule has 0 aromatic heterocycles. The molecule has 4 heteroatoms. The minimum atomic E-state index is -0.275. The van der Waals surface area contributed by atoms with Gasteiger partial charge in [-0.2, -0.15) is 0 Å². The maximum absolute atomic E-state index is 11.6. The van der Waals surface area contributed by atoms with Crippen molar-refractivity contribution < 1.29 is 14.6 Å². The molecule has 1 saturated heterocycles. The molecule has 1 aliphatic rings. The molecule has 1 aromatic rings.